The molecule has 1 saturated carbocycles. The third kappa shape index (κ3) is 5.18. The monoisotopic (exact) mass is 347 g/mol. The first-order valence-electron chi connectivity index (χ1n) is 9.32. The zero-order chi connectivity index (χ0) is 18.2. The van der Waals surface area contributed by atoms with Gasteiger partial charge in [-0.25, -0.2) is 0 Å². The largest absolute Gasteiger partial charge is 0.326 e. The number of hydrogen-bond donors (Lipinski definition) is 2. The zero-order valence-electron chi connectivity index (χ0n) is 14.9. The minimum Gasteiger partial charge on any atom is -0.326 e. The first kappa shape index (κ1) is 18.2. The van der Waals surface area contributed by atoms with Gasteiger partial charge in [0.15, 0.2) is 0 Å². The Morgan fingerprint density at radius 3 is 2.58 bits per heavy atom. The van der Waals surface area contributed by atoms with E-state index in [1.807, 2.05) is 0 Å². The van der Waals surface area contributed by atoms with Crippen LogP contribution >= 0.6 is 0 Å². The van der Waals surface area contributed by atoms with E-state index in [2.05, 4.69) is 47.0 Å². The van der Waals surface area contributed by atoms with Crippen LogP contribution < -0.4 is 10.6 Å². The summed E-state index contributed by atoms with van der Waals surface area (Å²) in [5, 5.41) is 15.3. The molecule has 0 saturated heterocycles. The number of nitrogens with zero attached hydrogens (tertiary/aromatic N) is 1. The van der Waals surface area contributed by atoms with Crippen LogP contribution in [0.15, 0.2) is 54.6 Å². The van der Waals surface area contributed by atoms with Crippen molar-refractivity contribution in [3.8, 4) is 6.07 Å². The number of rotatable bonds is 7. The molecular formula is C22H25N3O. The maximum atomic E-state index is 12.1. The quantitative estimate of drug-likeness (QED) is 0.799. The van der Waals surface area contributed by atoms with E-state index in [9.17, 15) is 4.79 Å². The molecule has 26 heavy (non-hydrogen) atoms. The van der Waals surface area contributed by atoms with Crippen LogP contribution in [0.4, 0.5) is 5.69 Å². The molecule has 2 atom stereocenters. The summed E-state index contributed by atoms with van der Waals surface area (Å²) in [7, 11) is 0. The van der Waals surface area contributed by atoms with E-state index in [0.29, 0.717) is 30.5 Å². The standard InChI is InChI=1S/C22H25N3O/c23-16-18-9-11-20(12-10-18)25-22(26)13-14-24-21-8-4-7-19(21)15-17-5-2-1-3-6-17/h1-3,5-6,9-12,19,21,24H,4,7-8,13-15H2,(H,25,26). The lowest BCUT2D eigenvalue weighted by Gasteiger charge is -2.21. The molecule has 2 aromatic carbocycles. The summed E-state index contributed by atoms with van der Waals surface area (Å²) in [4.78, 5) is 12.1. The number of amides is 1. The number of carbonyl (C=O) groups is 1. The molecule has 1 fully saturated rings. The molecule has 2 aromatic rings. The second-order valence-corrected chi connectivity index (χ2v) is 6.93. The van der Waals surface area contributed by atoms with Gasteiger partial charge in [0.05, 0.1) is 11.6 Å². The predicted molar refractivity (Wildman–Crippen MR) is 104 cm³/mol. The maximum Gasteiger partial charge on any atom is 0.225 e. The Kier molecular flexibility index (Phi) is 6.40. The molecule has 1 aliphatic carbocycles. The molecule has 3 rings (SSSR count). The topological polar surface area (TPSA) is 64.9 Å². The first-order chi connectivity index (χ1) is 12.7. The van der Waals surface area contributed by atoms with E-state index in [1.165, 1.54) is 24.8 Å². The number of hydrogen-bond acceptors (Lipinski definition) is 3. The number of carbonyl (C=O) groups excluding carboxylic acids is 1. The predicted octanol–water partition coefficient (Wildman–Crippen LogP) is 3.89. The molecule has 0 spiro atoms. The number of benzene rings is 2. The van der Waals surface area contributed by atoms with E-state index in [-0.39, 0.29) is 5.91 Å². The van der Waals surface area contributed by atoms with Crippen molar-refractivity contribution in [1.29, 1.82) is 5.26 Å². The molecule has 4 heteroatoms. The molecule has 4 nitrogen and oxygen atoms in total. The summed E-state index contributed by atoms with van der Waals surface area (Å²) < 4.78 is 0. The average Bonchev–Trinajstić information content (AvgIpc) is 3.10. The Labute approximate surface area is 155 Å². The lowest BCUT2D eigenvalue weighted by molar-refractivity contribution is -0.116. The van der Waals surface area contributed by atoms with E-state index >= 15 is 0 Å². The molecule has 1 amide bonds. The fourth-order valence-corrected chi connectivity index (χ4v) is 3.69. The van der Waals surface area contributed by atoms with E-state index in [0.717, 1.165) is 12.1 Å². The Morgan fingerprint density at radius 2 is 1.85 bits per heavy atom. The van der Waals surface area contributed by atoms with Crippen LogP contribution in [0.2, 0.25) is 0 Å². The lowest BCUT2D eigenvalue weighted by atomic mass is 9.94. The number of nitrogens with one attached hydrogen (secondary N) is 2. The van der Waals surface area contributed by atoms with Gasteiger partial charge in [0.1, 0.15) is 0 Å². The highest BCUT2D eigenvalue weighted by Crippen LogP contribution is 2.28. The van der Waals surface area contributed by atoms with E-state index in [4.69, 9.17) is 5.26 Å². The molecule has 0 heterocycles. The first-order valence-corrected chi connectivity index (χ1v) is 9.32. The van der Waals surface area contributed by atoms with Crippen LogP contribution in [0.5, 0.6) is 0 Å². The lowest BCUT2D eigenvalue weighted by Crippen LogP contribution is -2.35. The average molecular weight is 347 g/mol. The van der Waals surface area contributed by atoms with Crippen molar-refractivity contribution in [1.82, 2.24) is 5.32 Å². The highest BCUT2D eigenvalue weighted by molar-refractivity contribution is 5.90. The minimum absolute atomic E-state index is 0.000172. The molecule has 0 radical (unpaired) electrons. The van der Waals surface area contributed by atoms with Crippen LogP contribution in [-0.2, 0) is 11.2 Å². The van der Waals surface area contributed by atoms with Crippen LogP contribution in [0.1, 0.15) is 36.8 Å². The normalized spacial score (nSPS) is 19.0. The third-order valence-electron chi connectivity index (χ3n) is 5.06. The van der Waals surface area contributed by atoms with Gasteiger partial charge in [0.25, 0.3) is 0 Å². The molecule has 0 aliphatic heterocycles. The fourth-order valence-electron chi connectivity index (χ4n) is 3.69. The van der Waals surface area contributed by atoms with Gasteiger partial charge in [0, 0.05) is 24.7 Å². The molecular weight excluding hydrogens is 322 g/mol. The summed E-state index contributed by atoms with van der Waals surface area (Å²) in [6.45, 7) is 0.693. The Bertz CT molecular complexity index is 749. The second-order valence-electron chi connectivity index (χ2n) is 6.93. The molecule has 0 aromatic heterocycles. The van der Waals surface area contributed by atoms with Crippen LogP contribution in [0.3, 0.4) is 0 Å². The number of nitriles is 1. The summed E-state index contributed by atoms with van der Waals surface area (Å²) in [6, 6.07) is 20.1. The van der Waals surface area contributed by atoms with Crippen molar-refractivity contribution in [2.75, 3.05) is 11.9 Å². The summed E-state index contributed by atoms with van der Waals surface area (Å²) >= 11 is 0. The third-order valence-corrected chi connectivity index (χ3v) is 5.06. The minimum atomic E-state index is -0.000172. The van der Waals surface area contributed by atoms with Crippen molar-refractivity contribution >= 4 is 11.6 Å². The van der Waals surface area contributed by atoms with Crippen LogP contribution in [0, 0.1) is 17.2 Å². The van der Waals surface area contributed by atoms with Gasteiger partial charge in [0.2, 0.25) is 5.91 Å². The molecule has 0 bridgehead atoms. The van der Waals surface area contributed by atoms with Crippen molar-refractivity contribution in [2.45, 2.75) is 38.1 Å². The van der Waals surface area contributed by atoms with Crippen molar-refractivity contribution < 1.29 is 4.79 Å². The smallest absolute Gasteiger partial charge is 0.225 e. The molecule has 1 aliphatic rings. The maximum absolute atomic E-state index is 12.1. The van der Waals surface area contributed by atoms with E-state index in [1.54, 1.807) is 24.3 Å². The molecule has 2 N–H and O–H groups in total. The molecule has 2 unspecified atom stereocenters. The van der Waals surface area contributed by atoms with E-state index < -0.39 is 0 Å². The highest BCUT2D eigenvalue weighted by Gasteiger charge is 2.26. The van der Waals surface area contributed by atoms with Crippen molar-refractivity contribution in [3.05, 3.63) is 65.7 Å². The Morgan fingerprint density at radius 1 is 1.08 bits per heavy atom. The van der Waals surface area contributed by atoms with Gasteiger partial charge in [-0.2, -0.15) is 5.26 Å². The van der Waals surface area contributed by atoms with Crippen LogP contribution in [0.25, 0.3) is 0 Å². The summed E-state index contributed by atoms with van der Waals surface area (Å²) in [6.07, 6.45) is 5.26. The Balaban J connectivity index is 1.41. The van der Waals surface area contributed by atoms with Gasteiger partial charge in [-0.3, -0.25) is 4.79 Å². The number of anilines is 1. The van der Waals surface area contributed by atoms with Gasteiger partial charge in [-0.1, -0.05) is 36.8 Å². The van der Waals surface area contributed by atoms with Crippen molar-refractivity contribution in [2.24, 2.45) is 5.92 Å². The van der Waals surface area contributed by atoms with Gasteiger partial charge in [-0.05, 0) is 55.0 Å². The van der Waals surface area contributed by atoms with Crippen molar-refractivity contribution in [3.63, 3.8) is 0 Å². The molecule has 134 valence electrons. The zero-order valence-corrected chi connectivity index (χ0v) is 14.9. The van der Waals surface area contributed by atoms with Crippen LogP contribution in [-0.4, -0.2) is 18.5 Å². The second kappa shape index (κ2) is 9.17. The Hall–Kier alpha value is -2.64. The summed E-state index contributed by atoms with van der Waals surface area (Å²) in [5.41, 5.74) is 2.72. The van der Waals surface area contributed by atoms with Gasteiger partial charge in [-0.15, -0.1) is 0 Å². The fraction of sp³-hybridized carbons (Fsp3) is 0.364. The summed E-state index contributed by atoms with van der Waals surface area (Å²) in [5.74, 6) is 0.652. The SMILES string of the molecule is N#Cc1ccc(NC(=O)CCNC2CCCC2Cc2ccccc2)cc1. The van der Waals surface area contributed by atoms with Gasteiger partial charge < -0.3 is 10.6 Å². The highest BCUT2D eigenvalue weighted by atomic mass is 16.1. The van der Waals surface area contributed by atoms with Gasteiger partial charge >= 0.3 is 0 Å².